The number of hydrogen-bond donors (Lipinski definition) is 3. The Hall–Kier alpha value is -1.59. The van der Waals surface area contributed by atoms with E-state index in [-0.39, 0.29) is 36.8 Å². The van der Waals surface area contributed by atoms with Crippen molar-refractivity contribution in [3.8, 4) is 0 Å². The Morgan fingerprint density at radius 3 is 2.61 bits per heavy atom. The second kappa shape index (κ2) is 7.68. The Morgan fingerprint density at radius 2 is 2.06 bits per heavy atom. The largest absolute Gasteiger partial charge is 0.348 e. The number of rotatable bonds is 4. The fourth-order valence-electron chi connectivity index (χ4n) is 1.47. The molecule has 0 spiro atoms. The van der Waals surface area contributed by atoms with E-state index in [1.165, 1.54) is 6.92 Å². The van der Waals surface area contributed by atoms with Crippen molar-refractivity contribution in [3.05, 3.63) is 29.8 Å². The standard InChI is InChI=1S/C12H17N3O2.ClH/c1-8(14-12(17)7-13)10-4-3-5-11(6-10)15-9(2)16;/h3-6,8H,7,13H2,1-2H3,(H,14,17)(H,15,16);1H. The number of carbonyl (C=O) groups is 2. The lowest BCUT2D eigenvalue weighted by molar-refractivity contribution is -0.120. The second-order valence-corrected chi connectivity index (χ2v) is 3.80. The van der Waals surface area contributed by atoms with E-state index in [2.05, 4.69) is 10.6 Å². The molecule has 1 unspecified atom stereocenters. The van der Waals surface area contributed by atoms with Crippen LogP contribution in [0.5, 0.6) is 0 Å². The number of benzene rings is 1. The second-order valence-electron chi connectivity index (χ2n) is 3.80. The van der Waals surface area contributed by atoms with Crippen molar-refractivity contribution in [2.24, 2.45) is 5.73 Å². The first kappa shape index (κ1) is 16.4. The van der Waals surface area contributed by atoms with Crippen LogP contribution in [0.25, 0.3) is 0 Å². The molecule has 5 nitrogen and oxygen atoms in total. The molecule has 1 atom stereocenters. The Kier molecular flexibility index (Phi) is 7.00. The maximum atomic E-state index is 11.2. The summed E-state index contributed by atoms with van der Waals surface area (Å²) in [5.74, 6) is -0.330. The van der Waals surface area contributed by atoms with Gasteiger partial charge >= 0.3 is 0 Å². The number of nitrogens with one attached hydrogen (secondary N) is 2. The van der Waals surface area contributed by atoms with Crippen LogP contribution in [0.15, 0.2) is 24.3 Å². The van der Waals surface area contributed by atoms with Crippen LogP contribution in [-0.2, 0) is 9.59 Å². The van der Waals surface area contributed by atoms with Crippen LogP contribution < -0.4 is 16.4 Å². The highest BCUT2D eigenvalue weighted by atomic mass is 35.5. The van der Waals surface area contributed by atoms with E-state index < -0.39 is 0 Å². The molecule has 0 aliphatic heterocycles. The van der Waals surface area contributed by atoms with E-state index in [1.807, 2.05) is 25.1 Å². The third-order valence-electron chi connectivity index (χ3n) is 2.27. The zero-order valence-electron chi connectivity index (χ0n) is 10.4. The smallest absolute Gasteiger partial charge is 0.234 e. The van der Waals surface area contributed by atoms with Gasteiger partial charge in [-0.25, -0.2) is 0 Å². The van der Waals surface area contributed by atoms with Gasteiger partial charge in [-0.05, 0) is 24.6 Å². The minimum absolute atomic E-state index is 0. The SMILES string of the molecule is CC(=O)Nc1cccc(C(C)NC(=O)CN)c1.Cl. The third-order valence-corrected chi connectivity index (χ3v) is 2.27. The number of carbonyl (C=O) groups excluding carboxylic acids is 2. The minimum atomic E-state index is -0.206. The minimum Gasteiger partial charge on any atom is -0.348 e. The summed E-state index contributed by atoms with van der Waals surface area (Å²) in [6.07, 6.45) is 0. The van der Waals surface area contributed by atoms with E-state index in [4.69, 9.17) is 5.73 Å². The maximum absolute atomic E-state index is 11.2. The Labute approximate surface area is 113 Å². The average molecular weight is 272 g/mol. The third kappa shape index (κ3) is 5.16. The topological polar surface area (TPSA) is 84.2 Å². The first-order chi connectivity index (χ1) is 8.02. The van der Waals surface area contributed by atoms with Gasteiger partial charge in [-0.3, -0.25) is 9.59 Å². The van der Waals surface area contributed by atoms with Gasteiger partial charge in [-0.15, -0.1) is 12.4 Å². The van der Waals surface area contributed by atoms with Crippen LogP contribution >= 0.6 is 12.4 Å². The molecular formula is C12H18ClN3O2. The van der Waals surface area contributed by atoms with E-state index in [0.29, 0.717) is 5.69 Å². The lowest BCUT2D eigenvalue weighted by Crippen LogP contribution is -2.32. The van der Waals surface area contributed by atoms with E-state index in [9.17, 15) is 9.59 Å². The van der Waals surface area contributed by atoms with Crippen LogP contribution in [0.2, 0.25) is 0 Å². The van der Waals surface area contributed by atoms with Crippen LogP contribution in [-0.4, -0.2) is 18.4 Å². The summed E-state index contributed by atoms with van der Waals surface area (Å²) in [5, 5.41) is 5.44. The molecule has 0 aromatic heterocycles. The highest BCUT2D eigenvalue weighted by Crippen LogP contribution is 2.17. The van der Waals surface area contributed by atoms with Crippen LogP contribution in [0.3, 0.4) is 0 Å². The zero-order chi connectivity index (χ0) is 12.8. The molecule has 0 aliphatic rings. The molecule has 0 heterocycles. The van der Waals surface area contributed by atoms with Crippen molar-refractivity contribution in [3.63, 3.8) is 0 Å². The van der Waals surface area contributed by atoms with Gasteiger partial charge in [-0.2, -0.15) is 0 Å². The van der Waals surface area contributed by atoms with Crippen molar-refractivity contribution in [1.82, 2.24) is 5.32 Å². The van der Waals surface area contributed by atoms with Crippen molar-refractivity contribution in [2.75, 3.05) is 11.9 Å². The molecule has 18 heavy (non-hydrogen) atoms. The average Bonchev–Trinajstić information content (AvgIpc) is 2.28. The summed E-state index contributed by atoms with van der Waals surface area (Å²) in [4.78, 5) is 22.1. The van der Waals surface area contributed by atoms with Gasteiger partial charge in [0.2, 0.25) is 11.8 Å². The van der Waals surface area contributed by atoms with E-state index >= 15 is 0 Å². The Morgan fingerprint density at radius 1 is 1.39 bits per heavy atom. The number of nitrogens with two attached hydrogens (primary N) is 1. The van der Waals surface area contributed by atoms with Crippen molar-refractivity contribution in [1.29, 1.82) is 0 Å². The summed E-state index contributed by atoms with van der Waals surface area (Å²) in [7, 11) is 0. The number of halogens is 1. The van der Waals surface area contributed by atoms with Crippen LogP contribution in [0.1, 0.15) is 25.5 Å². The molecule has 0 aliphatic carbocycles. The molecule has 1 rings (SSSR count). The number of amides is 2. The molecule has 0 bridgehead atoms. The normalized spacial score (nSPS) is 11.1. The van der Waals surface area contributed by atoms with Crippen molar-refractivity contribution < 1.29 is 9.59 Å². The number of hydrogen-bond acceptors (Lipinski definition) is 3. The predicted octanol–water partition coefficient (Wildman–Crippen LogP) is 1.20. The summed E-state index contributed by atoms with van der Waals surface area (Å²) in [6, 6.07) is 7.18. The molecule has 100 valence electrons. The van der Waals surface area contributed by atoms with Gasteiger partial charge in [0.25, 0.3) is 0 Å². The predicted molar refractivity (Wildman–Crippen MR) is 73.6 cm³/mol. The molecule has 6 heteroatoms. The molecule has 0 saturated heterocycles. The molecule has 1 aromatic rings. The Balaban J connectivity index is 0.00000289. The van der Waals surface area contributed by atoms with Gasteiger partial charge in [-0.1, -0.05) is 12.1 Å². The van der Waals surface area contributed by atoms with Crippen molar-refractivity contribution >= 4 is 29.9 Å². The van der Waals surface area contributed by atoms with Gasteiger partial charge in [0.15, 0.2) is 0 Å². The summed E-state index contributed by atoms with van der Waals surface area (Å²) < 4.78 is 0. The zero-order valence-corrected chi connectivity index (χ0v) is 11.2. The molecule has 0 radical (unpaired) electrons. The monoisotopic (exact) mass is 271 g/mol. The van der Waals surface area contributed by atoms with Crippen LogP contribution in [0.4, 0.5) is 5.69 Å². The van der Waals surface area contributed by atoms with E-state index in [0.717, 1.165) is 5.56 Å². The molecule has 0 saturated carbocycles. The van der Waals surface area contributed by atoms with Crippen molar-refractivity contribution in [2.45, 2.75) is 19.9 Å². The highest BCUT2D eigenvalue weighted by Gasteiger charge is 2.08. The lowest BCUT2D eigenvalue weighted by Gasteiger charge is -2.14. The van der Waals surface area contributed by atoms with Gasteiger partial charge < -0.3 is 16.4 Å². The quantitative estimate of drug-likeness (QED) is 0.769. The highest BCUT2D eigenvalue weighted by molar-refractivity contribution is 5.88. The van der Waals surface area contributed by atoms with Gasteiger partial charge in [0, 0.05) is 12.6 Å². The molecular weight excluding hydrogens is 254 g/mol. The fourth-order valence-corrected chi connectivity index (χ4v) is 1.47. The van der Waals surface area contributed by atoms with Gasteiger partial charge in [0.1, 0.15) is 0 Å². The van der Waals surface area contributed by atoms with E-state index in [1.54, 1.807) is 6.07 Å². The number of anilines is 1. The molecule has 1 aromatic carbocycles. The maximum Gasteiger partial charge on any atom is 0.234 e. The van der Waals surface area contributed by atoms with Gasteiger partial charge in [0.05, 0.1) is 12.6 Å². The first-order valence-electron chi connectivity index (χ1n) is 5.40. The lowest BCUT2D eigenvalue weighted by atomic mass is 10.1. The summed E-state index contributed by atoms with van der Waals surface area (Å²) in [6.45, 7) is 3.28. The summed E-state index contributed by atoms with van der Waals surface area (Å²) in [5.41, 5.74) is 6.85. The molecule has 0 fully saturated rings. The first-order valence-corrected chi connectivity index (χ1v) is 5.40. The molecule has 2 amide bonds. The van der Waals surface area contributed by atoms with Crippen LogP contribution in [0, 0.1) is 0 Å². The molecule has 4 N–H and O–H groups in total. The summed E-state index contributed by atoms with van der Waals surface area (Å²) >= 11 is 0. The Bertz CT molecular complexity index is 424. The fraction of sp³-hybridized carbons (Fsp3) is 0.333.